The van der Waals surface area contributed by atoms with Crippen LogP contribution in [0.2, 0.25) is 0 Å². The molecule has 2 aliphatic carbocycles. The lowest BCUT2D eigenvalue weighted by Crippen LogP contribution is -2.69. The van der Waals surface area contributed by atoms with Crippen LogP contribution in [0.1, 0.15) is 86.5 Å². The first-order valence-corrected chi connectivity index (χ1v) is 16.1. The molecule has 3 aliphatic rings. The van der Waals surface area contributed by atoms with Crippen molar-refractivity contribution in [2.45, 2.75) is 117 Å². The normalized spacial score (nSPS) is 33.5. The van der Waals surface area contributed by atoms with Crippen LogP contribution in [0.4, 0.5) is 0 Å². The van der Waals surface area contributed by atoms with Gasteiger partial charge in [0, 0.05) is 38.3 Å². The van der Waals surface area contributed by atoms with Crippen LogP contribution in [0.5, 0.6) is 0 Å². The molecule has 0 amide bonds. The summed E-state index contributed by atoms with van der Waals surface area (Å²) in [5, 5.41) is 11.2. The number of aliphatic hydroxyl groups is 1. The molecule has 0 aromatic rings. The quantitative estimate of drug-likeness (QED) is 0.0618. The van der Waals surface area contributed by atoms with Crippen LogP contribution in [0.15, 0.2) is 60.8 Å². The van der Waals surface area contributed by atoms with E-state index in [1.54, 1.807) is 18.2 Å². The fraction of sp³-hybridized carbons (Fsp3) is 0.611. The minimum absolute atomic E-state index is 0.181. The van der Waals surface area contributed by atoms with Gasteiger partial charge in [-0.25, -0.2) is 4.79 Å². The van der Waals surface area contributed by atoms with Crippen molar-refractivity contribution < 1.29 is 48.0 Å². The van der Waals surface area contributed by atoms with Gasteiger partial charge in [0.05, 0.1) is 6.10 Å². The summed E-state index contributed by atoms with van der Waals surface area (Å²) in [7, 11) is 0. The molecule has 9 atom stereocenters. The van der Waals surface area contributed by atoms with E-state index in [0.29, 0.717) is 12.8 Å². The Kier molecular flexibility index (Phi) is 12.7. The molecule has 0 radical (unpaired) electrons. The van der Waals surface area contributed by atoms with Gasteiger partial charge in [-0.2, -0.15) is 0 Å². The zero-order valence-electron chi connectivity index (χ0n) is 28.0. The Morgan fingerprint density at radius 3 is 2.33 bits per heavy atom. The van der Waals surface area contributed by atoms with E-state index < -0.39 is 77.4 Å². The van der Waals surface area contributed by atoms with Gasteiger partial charge in [-0.3, -0.25) is 19.1 Å². The highest BCUT2D eigenvalue weighted by Gasteiger charge is 2.75. The largest absolute Gasteiger partial charge is 0.457 e. The lowest BCUT2D eigenvalue weighted by molar-refractivity contribution is -0.279. The zero-order valence-corrected chi connectivity index (χ0v) is 28.0. The predicted molar refractivity (Wildman–Crippen MR) is 171 cm³/mol. The Labute approximate surface area is 272 Å². The summed E-state index contributed by atoms with van der Waals surface area (Å²) in [4.78, 5) is 50.9. The minimum atomic E-state index is -1.48. The summed E-state index contributed by atoms with van der Waals surface area (Å²) < 4.78 is 29.7. The van der Waals surface area contributed by atoms with Crippen LogP contribution in [0.3, 0.4) is 0 Å². The number of aliphatic hydroxyl groups excluding tert-OH is 1. The van der Waals surface area contributed by atoms with E-state index in [1.165, 1.54) is 32.9 Å². The van der Waals surface area contributed by atoms with Crippen LogP contribution < -0.4 is 0 Å². The van der Waals surface area contributed by atoms with Gasteiger partial charge in [0.15, 0.2) is 6.10 Å². The van der Waals surface area contributed by atoms with Gasteiger partial charge in [-0.1, -0.05) is 76.6 Å². The van der Waals surface area contributed by atoms with Crippen molar-refractivity contribution in [3.05, 3.63) is 60.8 Å². The Balaban J connectivity index is 2.21. The fourth-order valence-corrected chi connectivity index (χ4v) is 7.43. The average Bonchev–Trinajstić information content (AvgIpc) is 3.26. The topological polar surface area (TPSA) is 135 Å². The SMILES string of the molecule is C=CC(=C)CC[C@]1(C)[C@H](C)[C@@H](OC(=O)C=C/C=C\CCCCC)[C@H](OC(C)=O)[C@@]23C(=C[C@H](O)C[C@@H]12)[C@@H](OC(C)=O)O[C@@H]3OC(C)=O. The van der Waals surface area contributed by atoms with Crippen molar-refractivity contribution >= 4 is 23.9 Å². The molecule has 254 valence electrons. The molecule has 1 heterocycles. The number of carbonyl (C=O) groups is 4. The number of allylic oxidation sites excluding steroid dienone is 5. The third kappa shape index (κ3) is 7.89. The first-order valence-electron chi connectivity index (χ1n) is 16.1. The van der Waals surface area contributed by atoms with Crippen LogP contribution in [-0.4, -0.2) is 59.9 Å². The number of rotatable bonds is 14. The highest BCUT2D eigenvalue weighted by atomic mass is 16.8. The van der Waals surface area contributed by atoms with Gasteiger partial charge >= 0.3 is 23.9 Å². The number of esters is 4. The first kappa shape index (κ1) is 37.0. The summed E-state index contributed by atoms with van der Waals surface area (Å²) in [6.45, 7) is 17.6. The molecule has 0 bridgehead atoms. The summed E-state index contributed by atoms with van der Waals surface area (Å²) in [5.41, 5.74) is -1.15. The van der Waals surface area contributed by atoms with Crippen LogP contribution in [0.25, 0.3) is 0 Å². The number of hydrogen-bond donors (Lipinski definition) is 1. The van der Waals surface area contributed by atoms with Gasteiger partial charge in [-0.15, -0.1) is 0 Å². The molecule has 1 saturated heterocycles. The number of unbranched alkanes of at least 4 members (excludes halogenated alkanes) is 3. The molecule has 1 N–H and O–H groups in total. The lowest BCUT2D eigenvalue weighted by atomic mass is 9.44. The van der Waals surface area contributed by atoms with E-state index >= 15 is 0 Å². The average molecular weight is 643 g/mol. The number of carbonyl (C=O) groups excluding carboxylic acids is 4. The third-order valence-electron chi connectivity index (χ3n) is 9.73. The number of hydrogen-bond acceptors (Lipinski definition) is 10. The minimum Gasteiger partial charge on any atom is -0.457 e. The molecular formula is C36H50O10. The van der Waals surface area contributed by atoms with E-state index in [4.69, 9.17) is 23.7 Å². The fourth-order valence-electron chi connectivity index (χ4n) is 7.43. The monoisotopic (exact) mass is 642 g/mol. The summed E-state index contributed by atoms with van der Waals surface area (Å²) in [6.07, 6.45) is 9.25. The molecule has 10 nitrogen and oxygen atoms in total. The number of ether oxygens (including phenoxy) is 5. The second kappa shape index (κ2) is 15.9. The van der Waals surface area contributed by atoms with Gasteiger partial charge in [-0.05, 0) is 49.5 Å². The van der Waals surface area contributed by atoms with E-state index in [2.05, 4.69) is 20.1 Å². The van der Waals surface area contributed by atoms with Crippen molar-refractivity contribution in [1.82, 2.24) is 0 Å². The van der Waals surface area contributed by atoms with E-state index in [-0.39, 0.29) is 12.0 Å². The van der Waals surface area contributed by atoms with Crippen molar-refractivity contribution in [2.24, 2.45) is 22.7 Å². The van der Waals surface area contributed by atoms with Crippen molar-refractivity contribution in [1.29, 1.82) is 0 Å². The Bertz CT molecular complexity index is 1260. The summed E-state index contributed by atoms with van der Waals surface area (Å²) in [6, 6.07) is 0. The maximum atomic E-state index is 13.4. The highest BCUT2D eigenvalue weighted by Crippen LogP contribution is 2.68. The molecule has 10 heteroatoms. The highest BCUT2D eigenvalue weighted by molar-refractivity contribution is 5.82. The van der Waals surface area contributed by atoms with Crippen molar-refractivity contribution in [3.8, 4) is 0 Å². The smallest absolute Gasteiger partial charge is 0.331 e. The van der Waals surface area contributed by atoms with Crippen LogP contribution >= 0.6 is 0 Å². The van der Waals surface area contributed by atoms with Crippen molar-refractivity contribution in [3.63, 3.8) is 0 Å². The molecule has 0 unspecified atom stereocenters. The second-order valence-corrected chi connectivity index (χ2v) is 12.8. The van der Waals surface area contributed by atoms with Gasteiger partial charge in [0.25, 0.3) is 0 Å². The van der Waals surface area contributed by atoms with E-state index in [1.807, 2.05) is 19.9 Å². The second-order valence-electron chi connectivity index (χ2n) is 12.8. The molecule has 46 heavy (non-hydrogen) atoms. The van der Waals surface area contributed by atoms with Crippen LogP contribution in [-0.2, 0) is 42.9 Å². The van der Waals surface area contributed by atoms with Crippen LogP contribution in [0, 0.1) is 22.7 Å². The van der Waals surface area contributed by atoms with Gasteiger partial charge < -0.3 is 24.1 Å². The van der Waals surface area contributed by atoms with Gasteiger partial charge in [0.1, 0.15) is 11.5 Å². The molecule has 3 rings (SSSR count). The van der Waals surface area contributed by atoms with E-state index in [9.17, 15) is 24.3 Å². The molecular weight excluding hydrogens is 592 g/mol. The summed E-state index contributed by atoms with van der Waals surface area (Å²) in [5.74, 6) is -3.67. The Hall–Kier alpha value is -3.50. The molecule has 1 aliphatic heterocycles. The standard InChI is InChI=1S/C36H50O10/c1-9-11-12-13-14-15-16-17-30(41)45-31-23(4)35(8,19-18-22(3)10-2)29-21-27(40)20-28-33(43-25(6)38)46-34(44-26(7)39)36(28,29)32(31)42-24(5)37/h10,14-17,20,23,27,29,31-34,40H,2-3,9,11-13,18-19,21H2,1,4-8H3/b15-14-,17-16?/t23-,27+,29+,31-,32+,33+,34+,35-,36-/m1/s1. The lowest BCUT2D eigenvalue weighted by Gasteiger charge is -2.62. The van der Waals surface area contributed by atoms with Crippen molar-refractivity contribution in [2.75, 3.05) is 0 Å². The molecule has 0 aromatic carbocycles. The molecule has 1 saturated carbocycles. The molecule has 0 aromatic heterocycles. The van der Waals surface area contributed by atoms with E-state index in [0.717, 1.165) is 31.3 Å². The Morgan fingerprint density at radius 2 is 1.72 bits per heavy atom. The van der Waals surface area contributed by atoms with Gasteiger partial charge in [0.2, 0.25) is 12.6 Å². The Morgan fingerprint density at radius 1 is 1.04 bits per heavy atom. The predicted octanol–water partition coefficient (Wildman–Crippen LogP) is 5.80. The maximum absolute atomic E-state index is 13.4. The molecule has 1 spiro atoms. The maximum Gasteiger partial charge on any atom is 0.331 e. The first-order chi connectivity index (χ1) is 21.7. The summed E-state index contributed by atoms with van der Waals surface area (Å²) >= 11 is 0. The molecule has 2 fully saturated rings. The zero-order chi connectivity index (χ0) is 34.2. The third-order valence-corrected chi connectivity index (χ3v) is 9.73.